The first-order valence-corrected chi connectivity index (χ1v) is 25.7. The zero-order chi connectivity index (χ0) is 49.7. The maximum Gasteiger partial charge on any atom is 0.0544 e. The third kappa shape index (κ3) is 8.04. The van der Waals surface area contributed by atoms with Crippen molar-refractivity contribution in [3.63, 3.8) is 0 Å². The highest BCUT2D eigenvalue weighted by atomic mass is 15.1. The third-order valence-corrected chi connectivity index (χ3v) is 15.0. The first-order valence-electron chi connectivity index (χ1n) is 25.7. The van der Waals surface area contributed by atoms with E-state index in [1.165, 1.54) is 77.1 Å². The van der Waals surface area contributed by atoms with Gasteiger partial charge in [-0.05, 0) is 152 Å². The Labute approximate surface area is 436 Å². The van der Waals surface area contributed by atoms with E-state index in [-0.39, 0.29) is 0 Å². The highest BCUT2D eigenvalue weighted by Crippen LogP contribution is 2.42. The molecule has 0 bridgehead atoms. The highest BCUT2D eigenvalue weighted by Gasteiger charge is 2.19. The molecule has 14 rings (SSSR count). The summed E-state index contributed by atoms with van der Waals surface area (Å²) in [4.78, 5) is 6.18. The summed E-state index contributed by atoms with van der Waals surface area (Å²) in [6.45, 7) is 0. The number of H-pyrrole nitrogens is 1. The van der Waals surface area contributed by atoms with Gasteiger partial charge in [0, 0.05) is 55.4 Å². The van der Waals surface area contributed by atoms with Gasteiger partial charge >= 0.3 is 0 Å². The van der Waals surface area contributed by atoms with Gasteiger partial charge in [-0.15, -0.1) is 0 Å². The summed E-state index contributed by atoms with van der Waals surface area (Å²) in [5.74, 6) is 0. The van der Waals surface area contributed by atoms with Gasteiger partial charge in [-0.3, -0.25) is 0 Å². The van der Waals surface area contributed by atoms with Crippen molar-refractivity contribution in [2.24, 2.45) is 0 Å². The predicted octanol–water partition coefficient (Wildman–Crippen LogP) is 19.9. The van der Waals surface area contributed by atoms with Crippen LogP contribution in [0.1, 0.15) is 0 Å². The molecule has 3 nitrogen and oxygen atoms in total. The van der Waals surface area contributed by atoms with E-state index in [1.54, 1.807) is 0 Å². The van der Waals surface area contributed by atoms with Crippen LogP contribution in [0.2, 0.25) is 0 Å². The number of benzene rings is 12. The number of anilines is 3. The van der Waals surface area contributed by atoms with Gasteiger partial charge in [0.1, 0.15) is 0 Å². The van der Waals surface area contributed by atoms with Crippen molar-refractivity contribution in [3.05, 3.63) is 291 Å². The van der Waals surface area contributed by atoms with E-state index < -0.39 is 0 Å². The topological polar surface area (TPSA) is 24.0 Å². The van der Waals surface area contributed by atoms with Crippen molar-refractivity contribution in [3.8, 4) is 72.4 Å². The second-order valence-electron chi connectivity index (χ2n) is 19.4. The molecule has 352 valence electrons. The van der Waals surface area contributed by atoms with E-state index in [0.29, 0.717) is 0 Å². The largest absolute Gasteiger partial charge is 0.354 e. The molecule has 14 aromatic rings. The van der Waals surface area contributed by atoms with Crippen LogP contribution in [-0.2, 0) is 0 Å². The second kappa shape index (κ2) is 18.6. The normalized spacial score (nSPS) is 11.5. The number of fused-ring (bicyclic) bond motifs is 6. The SMILES string of the molecule is c1ccc(-c2ccc(N(c3ccc(-c4ccccc4)cc3)c3ccc(-c4cc(-c5ccc(-n6c7ccc(-c8ccccc8)cc7c7cc(-c8ccccc8)ccc76)cc5)c5[nH]c6ccccc6c5c4)cc3)cc2)cc1. The van der Waals surface area contributed by atoms with E-state index in [2.05, 4.69) is 306 Å². The van der Waals surface area contributed by atoms with Crippen LogP contribution in [0.25, 0.3) is 116 Å². The number of aromatic nitrogens is 2. The zero-order valence-electron chi connectivity index (χ0n) is 41.1. The lowest BCUT2D eigenvalue weighted by Gasteiger charge is -2.26. The summed E-state index contributed by atoms with van der Waals surface area (Å²) >= 11 is 0. The number of hydrogen-bond donors (Lipinski definition) is 1. The zero-order valence-corrected chi connectivity index (χ0v) is 41.1. The van der Waals surface area contributed by atoms with Gasteiger partial charge in [0.25, 0.3) is 0 Å². The molecule has 3 heteroatoms. The van der Waals surface area contributed by atoms with Gasteiger partial charge in [0.2, 0.25) is 0 Å². The van der Waals surface area contributed by atoms with E-state index in [0.717, 1.165) is 56.0 Å². The Morgan fingerprint density at radius 2 is 0.613 bits per heavy atom. The summed E-state index contributed by atoms with van der Waals surface area (Å²) in [6.07, 6.45) is 0. The van der Waals surface area contributed by atoms with Gasteiger partial charge in [0.15, 0.2) is 0 Å². The van der Waals surface area contributed by atoms with Gasteiger partial charge in [-0.25, -0.2) is 0 Å². The van der Waals surface area contributed by atoms with Crippen molar-refractivity contribution in [1.29, 1.82) is 0 Å². The molecule has 0 radical (unpaired) electrons. The summed E-state index contributed by atoms with van der Waals surface area (Å²) in [5.41, 5.74) is 23.2. The fourth-order valence-corrected chi connectivity index (χ4v) is 11.2. The second-order valence-corrected chi connectivity index (χ2v) is 19.4. The standard InChI is InChI=1S/C72H49N3/c1-5-15-49(16-6-1)53-25-35-60(36-26-53)74(61-37-27-54(28-38-61)50-17-7-2-8-18-50)62-39-29-55(30-40-62)59-47-65(72-68(48-59)64-23-13-14-24-69(64)73-72)56-31-41-63(42-32-56)75-70-43-33-57(51-19-9-3-10-20-51)45-66(70)67-46-58(34-44-71(67)75)52-21-11-4-12-22-52/h1-48,73H. The molecule has 0 aliphatic carbocycles. The van der Waals surface area contributed by atoms with Crippen molar-refractivity contribution >= 4 is 60.7 Å². The number of para-hydroxylation sites is 1. The van der Waals surface area contributed by atoms with Crippen molar-refractivity contribution in [2.75, 3.05) is 4.90 Å². The third-order valence-electron chi connectivity index (χ3n) is 15.0. The van der Waals surface area contributed by atoms with Crippen LogP contribution < -0.4 is 4.90 Å². The van der Waals surface area contributed by atoms with Crippen LogP contribution in [0.15, 0.2) is 291 Å². The maximum absolute atomic E-state index is 3.83. The maximum atomic E-state index is 3.83. The summed E-state index contributed by atoms with van der Waals surface area (Å²) in [5, 5.41) is 4.88. The quantitative estimate of drug-likeness (QED) is 0.145. The molecule has 0 amide bonds. The minimum atomic E-state index is 1.08. The minimum Gasteiger partial charge on any atom is -0.354 e. The summed E-state index contributed by atoms with van der Waals surface area (Å²) in [7, 11) is 0. The number of nitrogens with one attached hydrogen (secondary N) is 1. The molecular formula is C72H49N3. The minimum absolute atomic E-state index is 1.08. The Morgan fingerprint density at radius 3 is 1.08 bits per heavy atom. The van der Waals surface area contributed by atoms with Crippen molar-refractivity contribution in [2.45, 2.75) is 0 Å². The van der Waals surface area contributed by atoms with Crippen LogP contribution >= 0.6 is 0 Å². The van der Waals surface area contributed by atoms with E-state index in [1.807, 2.05) is 0 Å². The molecule has 0 aliphatic heterocycles. The van der Waals surface area contributed by atoms with Crippen molar-refractivity contribution < 1.29 is 0 Å². The van der Waals surface area contributed by atoms with Gasteiger partial charge in [-0.2, -0.15) is 0 Å². The molecule has 1 N–H and O–H groups in total. The molecule has 0 fully saturated rings. The van der Waals surface area contributed by atoms with Crippen LogP contribution in [0.5, 0.6) is 0 Å². The molecule has 75 heavy (non-hydrogen) atoms. The summed E-state index contributed by atoms with van der Waals surface area (Å²) in [6, 6.07) is 106. The Hall–Kier alpha value is -9.96. The first kappa shape index (κ1) is 43.8. The van der Waals surface area contributed by atoms with Gasteiger partial charge < -0.3 is 14.5 Å². The molecular weight excluding hydrogens is 907 g/mol. The molecule has 2 heterocycles. The number of aromatic amines is 1. The molecule has 12 aromatic carbocycles. The number of hydrogen-bond acceptors (Lipinski definition) is 1. The molecule has 0 saturated carbocycles. The van der Waals surface area contributed by atoms with E-state index in [9.17, 15) is 0 Å². The highest BCUT2D eigenvalue weighted by molar-refractivity contribution is 6.14. The summed E-state index contributed by atoms with van der Waals surface area (Å²) < 4.78 is 2.42. The Bertz CT molecular complexity index is 4150. The first-order chi connectivity index (χ1) is 37.2. The fraction of sp³-hybridized carbons (Fsp3) is 0. The predicted molar refractivity (Wildman–Crippen MR) is 317 cm³/mol. The number of nitrogens with zero attached hydrogens (tertiary/aromatic N) is 2. The number of rotatable bonds is 10. The van der Waals surface area contributed by atoms with Gasteiger partial charge in [0.05, 0.1) is 16.6 Å². The Kier molecular flexibility index (Phi) is 10.8. The lowest BCUT2D eigenvalue weighted by molar-refractivity contribution is 1.18. The van der Waals surface area contributed by atoms with Crippen LogP contribution in [0, 0.1) is 0 Å². The average Bonchev–Trinajstić information content (AvgIpc) is 4.04. The molecule has 0 atom stereocenters. The fourth-order valence-electron chi connectivity index (χ4n) is 11.2. The average molecular weight is 956 g/mol. The molecule has 0 saturated heterocycles. The van der Waals surface area contributed by atoms with Crippen LogP contribution in [-0.4, -0.2) is 9.55 Å². The van der Waals surface area contributed by atoms with E-state index in [4.69, 9.17) is 0 Å². The van der Waals surface area contributed by atoms with Crippen LogP contribution in [0.3, 0.4) is 0 Å². The van der Waals surface area contributed by atoms with E-state index >= 15 is 0 Å². The van der Waals surface area contributed by atoms with Gasteiger partial charge in [-0.1, -0.05) is 200 Å². The smallest absolute Gasteiger partial charge is 0.0544 e. The van der Waals surface area contributed by atoms with Crippen LogP contribution in [0.4, 0.5) is 17.1 Å². The lowest BCUT2D eigenvalue weighted by Crippen LogP contribution is -2.09. The lowest BCUT2D eigenvalue weighted by atomic mass is 9.95. The molecule has 0 unspecified atom stereocenters. The molecule has 2 aromatic heterocycles. The van der Waals surface area contributed by atoms with Crippen molar-refractivity contribution in [1.82, 2.24) is 9.55 Å². The monoisotopic (exact) mass is 955 g/mol. The molecule has 0 spiro atoms. The Morgan fingerprint density at radius 1 is 0.253 bits per heavy atom. The Balaban J connectivity index is 0.855. The molecule has 0 aliphatic rings.